The van der Waals surface area contributed by atoms with Gasteiger partial charge < -0.3 is 15.0 Å². The molecule has 130 valence electrons. The van der Waals surface area contributed by atoms with E-state index in [0.29, 0.717) is 29.4 Å². The van der Waals surface area contributed by atoms with Crippen molar-refractivity contribution in [3.05, 3.63) is 64.9 Å². The second-order valence-corrected chi connectivity index (χ2v) is 6.01. The highest BCUT2D eigenvalue weighted by Gasteiger charge is 2.34. The second-order valence-electron chi connectivity index (χ2n) is 5.57. The fourth-order valence-electron chi connectivity index (χ4n) is 2.67. The second kappa shape index (κ2) is 7.53. The Morgan fingerprint density at radius 2 is 1.88 bits per heavy atom. The number of halogens is 2. The molecular weight excluding hydrogens is 347 g/mol. The van der Waals surface area contributed by atoms with E-state index >= 15 is 0 Å². The number of rotatable bonds is 4. The van der Waals surface area contributed by atoms with Gasteiger partial charge in [0.1, 0.15) is 17.6 Å². The molecule has 0 spiro atoms. The molecule has 2 aromatic rings. The Morgan fingerprint density at radius 1 is 1.20 bits per heavy atom. The molecule has 1 atom stereocenters. The minimum Gasteiger partial charge on any atom is -0.484 e. The van der Waals surface area contributed by atoms with Crippen LogP contribution in [0.5, 0.6) is 5.75 Å². The molecule has 1 N–H and O–H groups in total. The molecule has 1 aliphatic rings. The minimum absolute atomic E-state index is 0.202. The number of benzene rings is 2. The van der Waals surface area contributed by atoms with E-state index in [2.05, 4.69) is 5.32 Å². The lowest BCUT2D eigenvalue weighted by atomic mass is 10.0. The van der Waals surface area contributed by atoms with E-state index < -0.39 is 11.9 Å². The van der Waals surface area contributed by atoms with E-state index in [1.165, 1.54) is 29.2 Å². The monoisotopic (exact) mass is 362 g/mol. The third-order valence-electron chi connectivity index (χ3n) is 3.89. The molecule has 1 aliphatic heterocycles. The molecule has 3 rings (SSSR count). The summed E-state index contributed by atoms with van der Waals surface area (Å²) in [6, 6.07) is 11.4. The molecule has 0 aromatic heterocycles. The van der Waals surface area contributed by atoms with Gasteiger partial charge in [-0.3, -0.25) is 9.59 Å². The largest absolute Gasteiger partial charge is 0.484 e. The van der Waals surface area contributed by atoms with Gasteiger partial charge in [-0.05, 0) is 42.0 Å². The van der Waals surface area contributed by atoms with Crippen molar-refractivity contribution in [1.82, 2.24) is 10.2 Å². The zero-order valence-electron chi connectivity index (χ0n) is 13.2. The predicted molar refractivity (Wildman–Crippen MR) is 90.8 cm³/mol. The number of nitrogens with one attached hydrogen (secondary N) is 1. The topological polar surface area (TPSA) is 58.6 Å². The summed E-state index contributed by atoms with van der Waals surface area (Å²) < 4.78 is 18.6. The highest BCUT2D eigenvalue weighted by atomic mass is 35.5. The van der Waals surface area contributed by atoms with Gasteiger partial charge in [0.2, 0.25) is 5.91 Å². The van der Waals surface area contributed by atoms with Gasteiger partial charge in [-0.25, -0.2) is 4.39 Å². The average molecular weight is 363 g/mol. The van der Waals surface area contributed by atoms with Crippen LogP contribution in [-0.2, 0) is 9.59 Å². The summed E-state index contributed by atoms with van der Waals surface area (Å²) >= 11 is 5.81. The maximum Gasteiger partial charge on any atom is 0.261 e. The van der Waals surface area contributed by atoms with Crippen molar-refractivity contribution in [1.29, 1.82) is 0 Å². The van der Waals surface area contributed by atoms with Crippen molar-refractivity contribution < 1.29 is 18.7 Å². The molecule has 1 unspecified atom stereocenters. The highest BCUT2D eigenvalue weighted by molar-refractivity contribution is 6.30. The van der Waals surface area contributed by atoms with Gasteiger partial charge in [-0.15, -0.1) is 0 Å². The van der Waals surface area contributed by atoms with Crippen LogP contribution < -0.4 is 10.1 Å². The Balaban J connectivity index is 1.73. The van der Waals surface area contributed by atoms with Crippen LogP contribution in [0, 0.1) is 5.82 Å². The number of piperazine rings is 1. The Morgan fingerprint density at radius 3 is 2.56 bits per heavy atom. The normalized spacial score (nSPS) is 17.1. The number of ether oxygens (including phenoxy) is 1. The Bertz CT molecular complexity index is 765. The number of carbonyl (C=O) groups is 2. The molecule has 2 aromatic carbocycles. The summed E-state index contributed by atoms with van der Waals surface area (Å²) in [6.07, 6.45) is 0. The van der Waals surface area contributed by atoms with Crippen LogP contribution in [0.1, 0.15) is 11.6 Å². The molecule has 0 bridgehead atoms. The lowest BCUT2D eigenvalue weighted by Gasteiger charge is -2.35. The quantitative estimate of drug-likeness (QED) is 0.909. The number of amides is 2. The molecule has 1 fully saturated rings. The zero-order chi connectivity index (χ0) is 17.8. The smallest absolute Gasteiger partial charge is 0.261 e. The van der Waals surface area contributed by atoms with Crippen molar-refractivity contribution in [2.24, 2.45) is 0 Å². The first kappa shape index (κ1) is 17.2. The van der Waals surface area contributed by atoms with E-state index in [1.54, 1.807) is 24.3 Å². The first-order valence-corrected chi connectivity index (χ1v) is 8.13. The maximum atomic E-state index is 13.1. The number of hydrogen-bond acceptors (Lipinski definition) is 3. The summed E-state index contributed by atoms with van der Waals surface area (Å²) in [5.41, 5.74) is 0.554. The average Bonchev–Trinajstić information content (AvgIpc) is 2.62. The van der Waals surface area contributed by atoms with Crippen LogP contribution in [0.3, 0.4) is 0 Å². The highest BCUT2D eigenvalue weighted by Crippen LogP contribution is 2.24. The van der Waals surface area contributed by atoms with Gasteiger partial charge in [0, 0.05) is 18.1 Å². The predicted octanol–water partition coefficient (Wildman–Crippen LogP) is 2.56. The van der Waals surface area contributed by atoms with Crippen molar-refractivity contribution >= 4 is 23.4 Å². The maximum absolute atomic E-state index is 13.1. The molecule has 0 saturated carbocycles. The van der Waals surface area contributed by atoms with E-state index in [9.17, 15) is 14.0 Å². The molecule has 1 saturated heterocycles. The van der Waals surface area contributed by atoms with Crippen molar-refractivity contribution in [2.75, 3.05) is 19.7 Å². The molecule has 0 aliphatic carbocycles. The SMILES string of the molecule is O=C1NCCN(C(=O)COc2ccc(Cl)cc2)C1c1ccc(F)cc1. The van der Waals surface area contributed by atoms with E-state index in [1.807, 2.05) is 0 Å². The van der Waals surface area contributed by atoms with Crippen LogP contribution in [0.2, 0.25) is 5.02 Å². The lowest BCUT2D eigenvalue weighted by molar-refractivity contribution is -0.145. The van der Waals surface area contributed by atoms with E-state index in [4.69, 9.17) is 16.3 Å². The van der Waals surface area contributed by atoms with Gasteiger partial charge in [0.15, 0.2) is 6.61 Å². The Labute approximate surface area is 149 Å². The van der Waals surface area contributed by atoms with Gasteiger partial charge in [-0.1, -0.05) is 23.7 Å². The third-order valence-corrected chi connectivity index (χ3v) is 4.15. The fraction of sp³-hybridized carbons (Fsp3) is 0.222. The molecule has 0 radical (unpaired) electrons. The molecule has 5 nitrogen and oxygen atoms in total. The number of hydrogen-bond donors (Lipinski definition) is 1. The van der Waals surface area contributed by atoms with Gasteiger partial charge in [-0.2, -0.15) is 0 Å². The standard InChI is InChI=1S/C18H16ClFN2O3/c19-13-3-7-15(8-4-13)25-11-16(23)22-10-9-21-18(24)17(22)12-1-5-14(20)6-2-12/h1-8,17H,9-11H2,(H,21,24). The fourth-order valence-corrected chi connectivity index (χ4v) is 2.80. The van der Waals surface area contributed by atoms with Gasteiger partial charge in [0.25, 0.3) is 5.91 Å². The Hall–Kier alpha value is -2.60. The third kappa shape index (κ3) is 4.09. The van der Waals surface area contributed by atoms with Crippen molar-refractivity contribution in [3.63, 3.8) is 0 Å². The minimum atomic E-state index is -0.796. The van der Waals surface area contributed by atoms with Crippen LogP contribution in [-0.4, -0.2) is 36.4 Å². The molecule has 7 heteroatoms. The molecule has 25 heavy (non-hydrogen) atoms. The lowest BCUT2D eigenvalue weighted by Crippen LogP contribution is -2.53. The molecule has 2 amide bonds. The van der Waals surface area contributed by atoms with Crippen LogP contribution in [0.4, 0.5) is 4.39 Å². The number of nitrogens with zero attached hydrogens (tertiary/aromatic N) is 1. The summed E-state index contributed by atoms with van der Waals surface area (Å²) in [7, 11) is 0. The summed E-state index contributed by atoms with van der Waals surface area (Å²) in [4.78, 5) is 26.3. The van der Waals surface area contributed by atoms with Crippen molar-refractivity contribution in [3.8, 4) is 5.75 Å². The zero-order valence-corrected chi connectivity index (χ0v) is 14.0. The first-order chi connectivity index (χ1) is 12.0. The van der Waals surface area contributed by atoms with Gasteiger partial charge >= 0.3 is 0 Å². The summed E-state index contributed by atoms with van der Waals surface area (Å²) in [6.45, 7) is 0.520. The summed E-state index contributed by atoms with van der Waals surface area (Å²) in [5.74, 6) is -0.502. The molecule has 1 heterocycles. The van der Waals surface area contributed by atoms with E-state index in [-0.39, 0.29) is 18.4 Å². The van der Waals surface area contributed by atoms with Crippen LogP contribution in [0.25, 0.3) is 0 Å². The summed E-state index contributed by atoms with van der Waals surface area (Å²) in [5, 5.41) is 3.30. The van der Waals surface area contributed by atoms with Gasteiger partial charge in [0.05, 0.1) is 0 Å². The van der Waals surface area contributed by atoms with Crippen LogP contribution >= 0.6 is 11.6 Å². The first-order valence-electron chi connectivity index (χ1n) is 7.75. The van der Waals surface area contributed by atoms with Crippen LogP contribution in [0.15, 0.2) is 48.5 Å². The van der Waals surface area contributed by atoms with Crippen molar-refractivity contribution in [2.45, 2.75) is 6.04 Å². The number of carbonyl (C=O) groups excluding carboxylic acids is 2. The molecular formula is C18H16ClFN2O3. The Kier molecular flexibility index (Phi) is 5.19. The van der Waals surface area contributed by atoms with E-state index in [0.717, 1.165) is 0 Å².